The van der Waals surface area contributed by atoms with Crippen molar-refractivity contribution in [2.24, 2.45) is 7.05 Å². The molecule has 10 heteroatoms. The van der Waals surface area contributed by atoms with Gasteiger partial charge in [-0.05, 0) is 43.7 Å². The van der Waals surface area contributed by atoms with Crippen LogP contribution in [0.25, 0.3) is 22.3 Å². The van der Waals surface area contributed by atoms with Gasteiger partial charge in [0.2, 0.25) is 5.95 Å². The van der Waals surface area contributed by atoms with Gasteiger partial charge in [-0.1, -0.05) is 0 Å². The van der Waals surface area contributed by atoms with E-state index in [0.29, 0.717) is 18.2 Å². The Balaban J connectivity index is 1.35. The van der Waals surface area contributed by atoms with Gasteiger partial charge >= 0.3 is 0 Å². The van der Waals surface area contributed by atoms with Crippen LogP contribution in [-0.2, 0) is 13.6 Å². The van der Waals surface area contributed by atoms with Crippen molar-refractivity contribution < 1.29 is 4.79 Å². The highest BCUT2D eigenvalue weighted by atomic mass is 32.1. The fraction of sp³-hybridized carbons (Fsp3) is 0.174. The van der Waals surface area contributed by atoms with E-state index in [9.17, 15) is 4.79 Å². The fourth-order valence-corrected chi connectivity index (χ4v) is 4.30. The Morgan fingerprint density at radius 2 is 2.03 bits per heavy atom. The third-order valence-corrected chi connectivity index (χ3v) is 6.08. The normalized spacial score (nSPS) is 11.1. The molecule has 0 spiro atoms. The smallest absolute Gasteiger partial charge is 0.268 e. The number of hydrogen-bond donors (Lipinski definition) is 3. The second-order valence-corrected chi connectivity index (χ2v) is 8.76. The maximum absolute atomic E-state index is 12.6. The largest absolute Gasteiger partial charge is 0.350 e. The van der Waals surface area contributed by atoms with E-state index in [2.05, 4.69) is 35.6 Å². The lowest BCUT2D eigenvalue weighted by Gasteiger charge is -2.07. The van der Waals surface area contributed by atoms with E-state index < -0.39 is 0 Å². The number of aromatic amines is 1. The number of aromatic nitrogens is 6. The molecule has 0 unspecified atom stereocenters. The summed E-state index contributed by atoms with van der Waals surface area (Å²) >= 11 is 1.54. The van der Waals surface area contributed by atoms with Crippen LogP contribution in [0, 0.1) is 13.8 Å². The number of aryl methyl sites for hydroxylation is 3. The molecule has 9 nitrogen and oxygen atoms in total. The minimum absolute atomic E-state index is 0.167. The number of imidazole rings is 1. The van der Waals surface area contributed by atoms with Gasteiger partial charge in [0.1, 0.15) is 16.4 Å². The molecule has 166 valence electrons. The van der Waals surface area contributed by atoms with Crippen LogP contribution in [-0.4, -0.2) is 35.4 Å². The lowest BCUT2D eigenvalue weighted by molar-refractivity contribution is 0.0946. The molecule has 0 aliphatic heterocycles. The summed E-state index contributed by atoms with van der Waals surface area (Å²) in [5.41, 5.74) is 5.74. The molecule has 4 aromatic heterocycles. The van der Waals surface area contributed by atoms with Gasteiger partial charge in [-0.2, -0.15) is 0 Å². The average Bonchev–Trinajstić information content (AvgIpc) is 3.52. The molecule has 33 heavy (non-hydrogen) atoms. The highest BCUT2D eigenvalue weighted by Gasteiger charge is 2.13. The van der Waals surface area contributed by atoms with Gasteiger partial charge in [0.25, 0.3) is 5.91 Å². The first-order valence-electron chi connectivity index (χ1n) is 10.4. The Hall–Kier alpha value is -4.05. The number of H-pyrrole nitrogens is 1. The van der Waals surface area contributed by atoms with Crippen molar-refractivity contribution >= 4 is 39.8 Å². The molecule has 0 radical (unpaired) electrons. The molecule has 1 aromatic carbocycles. The predicted octanol–water partition coefficient (Wildman–Crippen LogP) is 4.11. The van der Waals surface area contributed by atoms with Crippen molar-refractivity contribution in [1.29, 1.82) is 0 Å². The van der Waals surface area contributed by atoms with Crippen LogP contribution in [0.3, 0.4) is 0 Å². The molecule has 1 amide bonds. The minimum Gasteiger partial charge on any atom is -0.350 e. The number of anilines is 2. The zero-order valence-electron chi connectivity index (χ0n) is 18.4. The van der Waals surface area contributed by atoms with E-state index in [1.165, 1.54) is 11.3 Å². The molecule has 0 aliphatic carbocycles. The van der Waals surface area contributed by atoms with Crippen molar-refractivity contribution in [3.8, 4) is 11.4 Å². The van der Waals surface area contributed by atoms with Gasteiger partial charge in [0.15, 0.2) is 0 Å². The summed E-state index contributed by atoms with van der Waals surface area (Å²) in [6, 6.07) is 7.64. The highest BCUT2D eigenvalue weighted by molar-refractivity contribution is 7.09. The lowest BCUT2D eigenvalue weighted by Crippen LogP contribution is -2.22. The quantitative estimate of drug-likeness (QED) is 0.353. The first-order valence-corrected chi connectivity index (χ1v) is 11.2. The van der Waals surface area contributed by atoms with Crippen molar-refractivity contribution in [2.45, 2.75) is 20.4 Å². The first-order chi connectivity index (χ1) is 15.9. The number of amides is 1. The third-order valence-electron chi connectivity index (χ3n) is 5.12. The summed E-state index contributed by atoms with van der Waals surface area (Å²) in [5.74, 6) is 0.309. The SMILES string of the molecule is Cc1csc(CNC(=O)c2cc3cc(Nc4nccc(-c5cn(C)cn5)n4)cc(C)c3[nH]2)n1. The molecule has 0 saturated carbocycles. The number of hydrogen-bond acceptors (Lipinski definition) is 7. The summed E-state index contributed by atoms with van der Waals surface area (Å²) in [6.45, 7) is 4.34. The molecule has 4 heterocycles. The molecule has 0 aliphatic rings. The standard InChI is InChI=1S/C23H22N8OS/c1-13-6-16(28-23-24-5-4-17(30-23)19-10-31(3)12-26-19)7-15-8-18(29-21(13)15)22(32)25-9-20-27-14(2)11-33-20/h4-8,10-12,29H,9H2,1-3H3,(H,25,32)(H,24,28,30). The van der Waals surface area contributed by atoms with Gasteiger partial charge in [-0.15, -0.1) is 11.3 Å². The minimum atomic E-state index is -0.167. The number of nitrogens with zero attached hydrogens (tertiary/aromatic N) is 5. The van der Waals surface area contributed by atoms with Crippen molar-refractivity contribution in [1.82, 2.24) is 34.8 Å². The van der Waals surface area contributed by atoms with Crippen LogP contribution in [0.15, 0.2) is 48.4 Å². The lowest BCUT2D eigenvalue weighted by atomic mass is 10.1. The maximum atomic E-state index is 12.6. The highest BCUT2D eigenvalue weighted by Crippen LogP contribution is 2.26. The molecule has 5 aromatic rings. The van der Waals surface area contributed by atoms with E-state index in [-0.39, 0.29) is 5.91 Å². The molecule has 5 rings (SSSR count). The molecule has 0 atom stereocenters. The second-order valence-electron chi connectivity index (χ2n) is 7.82. The third kappa shape index (κ3) is 4.46. The maximum Gasteiger partial charge on any atom is 0.268 e. The van der Waals surface area contributed by atoms with Crippen LogP contribution < -0.4 is 10.6 Å². The van der Waals surface area contributed by atoms with E-state index in [0.717, 1.165) is 44.2 Å². The van der Waals surface area contributed by atoms with E-state index in [1.807, 2.05) is 61.3 Å². The van der Waals surface area contributed by atoms with E-state index in [1.54, 1.807) is 12.5 Å². The van der Waals surface area contributed by atoms with Gasteiger partial charge in [-0.3, -0.25) is 4.79 Å². The molecule has 0 saturated heterocycles. The number of carbonyl (C=O) groups is 1. The van der Waals surface area contributed by atoms with Crippen molar-refractivity contribution in [3.63, 3.8) is 0 Å². The van der Waals surface area contributed by atoms with Crippen LogP contribution in [0.5, 0.6) is 0 Å². The Bertz CT molecular complexity index is 1460. The molecular weight excluding hydrogens is 436 g/mol. The molecule has 3 N–H and O–H groups in total. The molecular formula is C23H22N8OS. The van der Waals surface area contributed by atoms with Gasteiger partial charge in [0.05, 0.1) is 18.6 Å². The van der Waals surface area contributed by atoms with Crippen LogP contribution in [0.2, 0.25) is 0 Å². The Kier molecular flexibility index (Phi) is 5.35. The second kappa shape index (κ2) is 8.47. The summed E-state index contributed by atoms with van der Waals surface area (Å²) in [7, 11) is 1.92. The Labute approximate surface area is 194 Å². The molecule has 0 fully saturated rings. The average molecular weight is 459 g/mol. The van der Waals surface area contributed by atoms with E-state index in [4.69, 9.17) is 0 Å². The summed E-state index contributed by atoms with van der Waals surface area (Å²) < 4.78 is 1.87. The zero-order valence-corrected chi connectivity index (χ0v) is 19.2. The van der Waals surface area contributed by atoms with E-state index >= 15 is 0 Å². The zero-order chi connectivity index (χ0) is 22.9. The predicted molar refractivity (Wildman–Crippen MR) is 129 cm³/mol. The number of rotatable bonds is 6. The Morgan fingerprint density at radius 1 is 1.15 bits per heavy atom. The first kappa shape index (κ1) is 20.8. The van der Waals surface area contributed by atoms with Crippen molar-refractivity contribution in [2.75, 3.05) is 5.32 Å². The number of benzene rings is 1. The summed E-state index contributed by atoms with van der Waals surface area (Å²) in [5, 5.41) is 9.96. The van der Waals surface area contributed by atoms with Crippen LogP contribution >= 0.6 is 11.3 Å². The summed E-state index contributed by atoms with van der Waals surface area (Å²) in [6.07, 6.45) is 5.34. The molecule has 0 bridgehead atoms. The number of carbonyl (C=O) groups excluding carboxylic acids is 1. The number of nitrogens with one attached hydrogen (secondary N) is 3. The van der Waals surface area contributed by atoms with Crippen LogP contribution in [0.1, 0.15) is 26.8 Å². The topological polar surface area (TPSA) is 113 Å². The summed E-state index contributed by atoms with van der Waals surface area (Å²) in [4.78, 5) is 33.5. The van der Waals surface area contributed by atoms with Crippen LogP contribution in [0.4, 0.5) is 11.6 Å². The van der Waals surface area contributed by atoms with Gasteiger partial charge in [0, 0.05) is 47.1 Å². The number of fused-ring (bicyclic) bond motifs is 1. The Morgan fingerprint density at radius 3 is 2.79 bits per heavy atom. The monoisotopic (exact) mass is 458 g/mol. The van der Waals surface area contributed by atoms with Gasteiger partial charge < -0.3 is 20.2 Å². The fourth-order valence-electron chi connectivity index (χ4n) is 3.59. The van der Waals surface area contributed by atoms with Crippen molar-refractivity contribution in [3.05, 3.63) is 70.3 Å². The number of thiazole rings is 1. The van der Waals surface area contributed by atoms with Gasteiger partial charge in [-0.25, -0.2) is 19.9 Å².